The van der Waals surface area contributed by atoms with E-state index in [0.29, 0.717) is 6.54 Å². The van der Waals surface area contributed by atoms with Crippen LogP contribution in [0.15, 0.2) is 30.3 Å². The molecule has 1 atom stereocenters. The topological polar surface area (TPSA) is 23.5 Å². The molecule has 1 unspecified atom stereocenters. The number of hydrogen-bond acceptors (Lipinski definition) is 2. The number of β-amino-alcohol motifs (C(OH)–C–C–N with tert-alkyl or cyclic N) is 1. The van der Waals surface area contributed by atoms with Gasteiger partial charge in [0.05, 0.1) is 0 Å². The Hall–Kier alpha value is -1.30. The number of hydrogen-bond donors (Lipinski definition) is 1. The van der Waals surface area contributed by atoms with Gasteiger partial charge in [-0.1, -0.05) is 36.3 Å². The van der Waals surface area contributed by atoms with Crippen molar-refractivity contribution < 1.29 is 5.11 Å². The molecule has 0 saturated carbocycles. The molecule has 1 aromatic rings. The predicted octanol–water partition coefficient (Wildman–Crippen LogP) is 1.65. The maximum Gasteiger partial charge on any atom is 0.137 e. The molecule has 0 amide bonds. The van der Waals surface area contributed by atoms with E-state index in [1.807, 2.05) is 18.2 Å². The summed E-state index contributed by atoms with van der Waals surface area (Å²) in [5.74, 6) is 2.51. The van der Waals surface area contributed by atoms with Crippen molar-refractivity contribution in [2.45, 2.75) is 25.0 Å². The molecule has 2 heteroatoms. The number of benzene rings is 1. The van der Waals surface area contributed by atoms with Gasteiger partial charge < -0.3 is 5.11 Å². The highest BCUT2D eigenvalue weighted by Gasteiger charge is 2.30. The second-order valence-electron chi connectivity index (χ2n) is 4.48. The predicted molar refractivity (Wildman–Crippen MR) is 64.7 cm³/mol. The van der Waals surface area contributed by atoms with Crippen LogP contribution in [-0.4, -0.2) is 28.7 Å². The molecule has 1 fully saturated rings. The van der Waals surface area contributed by atoms with Gasteiger partial charge in [-0.05, 0) is 24.9 Å². The fourth-order valence-corrected chi connectivity index (χ4v) is 2.22. The van der Waals surface area contributed by atoms with E-state index in [4.69, 9.17) is 6.42 Å². The lowest BCUT2D eigenvalue weighted by Crippen LogP contribution is -2.46. The maximum absolute atomic E-state index is 10.1. The van der Waals surface area contributed by atoms with Gasteiger partial charge in [0, 0.05) is 13.1 Å². The molecule has 1 heterocycles. The molecule has 0 aliphatic carbocycles. The van der Waals surface area contributed by atoms with Crippen molar-refractivity contribution in [2.75, 3.05) is 13.1 Å². The van der Waals surface area contributed by atoms with Crippen LogP contribution in [-0.2, 0) is 6.54 Å². The van der Waals surface area contributed by atoms with Crippen molar-refractivity contribution in [3.8, 4) is 12.3 Å². The summed E-state index contributed by atoms with van der Waals surface area (Å²) < 4.78 is 0. The maximum atomic E-state index is 10.1. The van der Waals surface area contributed by atoms with Crippen molar-refractivity contribution >= 4 is 0 Å². The standard InChI is InChI=1S/C14H17NO/c1-2-14(16)9-6-10-15(12-14)11-13-7-4-3-5-8-13/h1,3-5,7-8,16H,6,9-12H2. The van der Waals surface area contributed by atoms with Crippen LogP contribution in [0.25, 0.3) is 0 Å². The van der Waals surface area contributed by atoms with Crippen LogP contribution in [0.1, 0.15) is 18.4 Å². The van der Waals surface area contributed by atoms with E-state index in [1.165, 1.54) is 5.56 Å². The Morgan fingerprint density at radius 2 is 2.12 bits per heavy atom. The highest BCUT2D eigenvalue weighted by atomic mass is 16.3. The van der Waals surface area contributed by atoms with Gasteiger partial charge in [0.15, 0.2) is 0 Å². The van der Waals surface area contributed by atoms with E-state index in [1.54, 1.807) is 0 Å². The van der Waals surface area contributed by atoms with Gasteiger partial charge in [-0.3, -0.25) is 4.90 Å². The van der Waals surface area contributed by atoms with Crippen molar-refractivity contribution in [1.29, 1.82) is 0 Å². The Balaban J connectivity index is 1.99. The fraction of sp³-hybridized carbons (Fsp3) is 0.429. The van der Waals surface area contributed by atoms with E-state index in [-0.39, 0.29) is 0 Å². The van der Waals surface area contributed by atoms with E-state index in [0.717, 1.165) is 25.9 Å². The smallest absolute Gasteiger partial charge is 0.137 e. The third-order valence-electron chi connectivity index (χ3n) is 3.07. The summed E-state index contributed by atoms with van der Waals surface area (Å²) in [7, 11) is 0. The normalized spacial score (nSPS) is 26.2. The van der Waals surface area contributed by atoms with E-state index < -0.39 is 5.60 Å². The number of aliphatic hydroxyl groups is 1. The van der Waals surface area contributed by atoms with Crippen LogP contribution < -0.4 is 0 Å². The highest BCUT2D eigenvalue weighted by Crippen LogP contribution is 2.21. The monoisotopic (exact) mass is 215 g/mol. The number of rotatable bonds is 2. The lowest BCUT2D eigenvalue weighted by Gasteiger charge is -2.35. The SMILES string of the molecule is C#CC1(O)CCCN(Cc2ccccc2)C1. The molecule has 1 saturated heterocycles. The Labute approximate surface area is 96.9 Å². The number of likely N-dealkylation sites (tertiary alicyclic amines) is 1. The Morgan fingerprint density at radius 3 is 2.81 bits per heavy atom. The van der Waals surface area contributed by atoms with Gasteiger partial charge in [0.1, 0.15) is 5.60 Å². The van der Waals surface area contributed by atoms with Crippen molar-refractivity contribution in [3.63, 3.8) is 0 Å². The van der Waals surface area contributed by atoms with Crippen LogP contribution in [0.2, 0.25) is 0 Å². The first-order valence-corrected chi connectivity index (χ1v) is 5.68. The van der Waals surface area contributed by atoms with Gasteiger partial charge >= 0.3 is 0 Å². The minimum Gasteiger partial charge on any atom is -0.376 e. The average Bonchev–Trinajstić information content (AvgIpc) is 2.30. The quantitative estimate of drug-likeness (QED) is 0.758. The first-order valence-electron chi connectivity index (χ1n) is 5.68. The summed E-state index contributed by atoms with van der Waals surface area (Å²) in [6, 6.07) is 10.3. The zero-order valence-corrected chi connectivity index (χ0v) is 9.39. The molecule has 1 N–H and O–H groups in total. The number of terminal acetylenes is 1. The summed E-state index contributed by atoms with van der Waals surface area (Å²) in [5, 5.41) is 10.1. The molecule has 84 valence electrons. The van der Waals surface area contributed by atoms with Crippen molar-refractivity contribution in [1.82, 2.24) is 4.90 Å². The number of nitrogens with zero attached hydrogens (tertiary/aromatic N) is 1. The molecule has 0 bridgehead atoms. The van der Waals surface area contributed by atoms with Crippen LogP contribution in [0.3, 0.4) is 0 Å². The Bertz CT molecular complexity index is 381. The second kappa shape index (κ2) is 4.69. The average molecular weight is 215 g/mol. The molecule has 16 heavy (non-hydrogen) atoms. The van der Waals surface area contributed by atoms with Gasteiger partial charge in [0.25, 0.3) is 0 Å². The van der Waals surface area contributed by atoms with E-state index >= 15 is 0 Å². The van der Waals surface area contributed by atoms with Crippen molar-refractivity contribution in [3.05, 3.63) is 35.9 Å². The van der Waals surface area contributed by atoms with E-state index in [9.17, 15) is 5.11 Å². The zero-order chi connectivity index (χ0) is 11.4. The summed E-state index contributed by atoms with van der Waals surface area (Å²) in [4.78, 5) is 2.22. The third kappa shape index (κ3) is 2.63. The minimum absolute atomic E-state index is 0.582. The molecule has 0 aromatic heterocycles. The minimum atomic E-state index is -0.924. The molecular weight excluding hydrogens is 198 g/mol. The lowest BCUT2D eigenvalue weighted by molar-refractivity contribution is 0.0131. The van der Waals surface area contributed by atoms with Gasteiger partial charge in [-0.2, -0.15) is 0 Å². The summed E-state index contributed by atoms with van der Waals surface area (Å²) in [6.07, 6.45) is 7.05. The fourth-order valence-electron chi connectivity index (χ4n) is 2.22. The molecule has 1 aromatic carbocycles. The summed E-state index contributed by atoms with van der Waals surface area (Å²) >= 11 is 0. The summed E-state index contributed by atoms with van der Waals surface area (Å²) in [5.41, 5.74) is 0.344. The van der Waals surface area contributed by atoms with Crippen LogP contribution in [0, 0.1) is 12.3 Å². The van der Waals surface area contributed by atoms with Crippen molar-refractivity contribution in [2.24, 2.45) is 0 Å². The Kier molecular flexibility index (Phi) is 3.28. The second-order valence-corrected chi connectivity index (χ2v) is 4.48. The largest absolute Gasteiger partial charge is 0.376 e. The third-order valence-corrected chi connectivity index (χ3v) is 3.07. The highest BCUT2D eigenvalue weighted by molar-refractivity contribution is 5.16. The van der Waals surface area contributed by atoms with Gasteiger partial charge in [-0.25, -0.2) is 0 Å². The molecule has 1 aliphatic rings. The molecule has 2 nitrogen and oxygen atoms in total. The van der Waals surface area contributed by atoms with Crippen LogP contribution in [0.4, 0.5) is 0 Å². The van der Waals surface area contributed by atoms with Gasteiger partial charge in [0.2, 0.25) is 0 Å². The van der Waals surface area contributed by atoms with Gasteiger partial charge in [-0.15, -0.1) is 6.42 Å². The van der Waals surface area contributed by atoms with Crippen LogP contribution in [0.5, 0.6) is 0 Å². The molecule has 0 spiro atoms. The molecule has 1 aliphatic heterocycles. The summed E-state index contributed by atoms with van der Waals surface area (Å²) in [6.45, 7) is 2.46. The molecule has 0 radical (unpaired) electrons. The number of piperidine rings is 1. The van der Waals surface area contributed by atoms with Crippen LogP contribution >= 0.6 is 0 Å². The zero-order valence-electron chi connectivity index (χ0n) is 9.39. The van der Waals surface area contributed by atoms with E-state index in [2.05, 4.69) is 23.0 Å². The Morgan fingerprint density at radius 1 is 1.38 bits per heavy atom. The molecular formula is C14H17NO. The molecule has 2 rings (SSSR count). The first-order chi connectivity index (χ1) is 7.72. The first kappa shape index (κ1) is 11.2. The lowest BCUT2D eigenvalue weighted by atomic mass is 9.93.